The zero-order valence-corrected chi connectivity index (χ0v) is 13.8. The largest absolute Gasteiger partial charge is 0.391 e. The average Bonchev–Trinajstić information content (AvgIpc) is 2.90. The molecule has 3 rings (SSSR count). The number of aliphatic hydroxyl groups is 1. The minimum atomic E-state index is -0.413. The smallest absolute Gasteiger partial charge is 0.220 e. The summed E-state index contributed by atoms with van der Waals surface area (Å²) in [5, 5.41) is 18.1. The maximum absolute atomic E-state index is 12.0. The minimum Gasteiger partial charge on any atom is -0.391 e. The first-order chi connectivity index (χ1) is 10.6. The number of fused-ring (bicyclic) bond motifs is 1. The van der Waals surface area contributed by atoms with Crippen LogP contribution < -0.4 is 10.6 Å². The number of benzene rings is 2. The zero-order chi connectivity index (χ0) is 15.5. The van der Waals surface area contributed by atoms with Gasteiger partial charge in [-0.3, -0.25) is 4.79 Å². The number of hydrogen-bond donors (Lipinski definition) is 3. The van der Waals surface area contributed by atoms with E-state index in [2.05, 4.69) is 50.8 Å². The molecule has 22 heavy (non-hydrogen) atoms. The van der Waals surface area contributed by atoms with E-state index in [1.54, 1.807) is 0 Å². The van der Waals surface area contributed by atoms with Crippen molar-refractivity contribution in [3.05, 3.63) is 46.4 Å². The van der Waals surface area contributed by atoms with Crippen LogP contribution in [0.3, 0.4) is 0 Å². The fraction of sp³-hybridized carbons (Fsp3) is 0.353. The number of amides is 1. The molecule has 1 heterocycles. The number of halogens is 1. The third-order valence-electron chi connectivity index (χ3n) is 4.11. The quantitative estimate of drug-likeness (QED) is 0.781. The molecule has 0 radical (unpaired) electrons. The van der Waals surface area contributed by atoms with E-state index < -0.39 is 6.10 Å². The number of carbonyl (C=O) groups excluding carboxylic acids is 1. The first kappa shape index (κ1) is 15.5. The predicted molar refractivity (Wildman–Crippen MR) is 90.5 cm³/mol. The van der Waals surface area contributed by atoms with Crippen LogP contribution in [0.1, 0.15) is 12.0 Å². The van der Waals surface area contributed by atoms with Gasteiger partial charge in [-0.25, -0.2) is 0 Å². The van der Waals surface area contributed by atoms with Gasteiger partial charge in [0.15, 0.2) is 0 Å². The Balaban J connectivity index is 1.60. The third-order valence-corrected chi connectivity index (χ3v) is 4.60. The lowest BCUT2D eigenvalue weighted by Gasteiger charge is -2.13. The number of rotatable bonds is 4. The lowest BCUT2D eigenvalue weighted by Crippen LogP contribution is -2.29. The van der Waals surface area contributed by atoms with Crippen molar-refractivity contribution in [1.82, 2.24) is 10.6 Å². The van der Waals surface area contributed by atoms with Gasteiger partial charge in [-0.2, -0.15) is 0 Å². The van der Waals surface area contributed by atoms with E-state index in [9.17, 15) is 9.90 Å². The summed E-state index contributed by atoms with van der Waals surface area (Å²) in [4.78, 5) is 12.0. The number of aliphatic hydroxyl groups excluding tert-OH is 1. The minimum absolute atomic E-state index is 0.0120. The molecule has 0 spiro atoms. The highest BCUT2D eigenvalue weighted by Crippen LogP contribution is 2.21. The van der Waals surface area contributed by atoms with Crippen molar-refractivity contribution >= 4 is 32.6 Å². The molecule has 3 N–H and O–H groups in total. The Morgan fingerprint density at radius 3 is 2.82 bits per heavy atom. The van der Waals surface area contributed by atoms with E-state index in [1.807, 2.05) is 12.1 Å². The Labute approximate surface area is 138 Å². The van der Waals surface area contributed by atoms with E-state index in [0.717, 1.165) is 15.4 Å². The molecule has 0 saturated carbocycles. The van der Waals surface area contributed by atoms with E-state index in [4.69, 9.17) is 0 Å². The highest BCUT2D eigenvalue weighted by atomic mass is 79.9. The summed E-state index contributed by atoms with van der Waals surface area (Å²) < 4.78 is 1.05. The summed E-state index contributed by atoms with van der Waals surface area (Å²) in [6, 6.07) is 12.3. The van der Waals surface area contributed by atoms with Crippen LogP contribution in [0, 0.1) is 5.92 Å². The molecule has 1 aliphatic heterocycles. The van der Waals surface area contributed by atoms with Crippen molar-refractivity contribution in [2.45, 2.75) is 19.1 Å². The summed E-state index contributed by atoms with van der Waals surface area (Å²) in [5.41, 5.74) is 1.07. The maximum atomic E-state index is 12.0. The average molecular weight is 363 g/mol. The monoisotopic (exact) mass is 362 g/mol. The van der Waals surface area contributed by atoms with Gasteiger partial charge in [0.1, 0.15) is 0 Å². The van der Waals surface area contributed by atoms with Crippen molar-refractivity contribution in [1.29, 1.82) is 0 Å². The fourth-order valence-electron chi connectivity index (χ4n) is 2.82. The Morgan fingerprint density at radius 2 is 2.05 bits per heavy atom. The molecular formula is C17H19BrN2O2. The van der Waals surface area contributed by atoms with Crippen LogP contribution in [0.25, 0.3) is 10.8 Å². The van der Waals surface area contributed by atoms with Gasteiger partial charge in [-0.1, -0.05) is 34.1 Å². The molecule has 116 valence electrons. The first-order valence-electron chi connectivity index (χ1n) is 7.45. The number of hydrogen-bond acceptors (Lipinski definition) is 3. The lowest BCUT2D eigenvalue weighted by molar-refractivity contribution is -0.122. The van der Waals surface area contributed by atoms with Gasteiger partial charge in [-0.15, -0.1) is 0 Å². The molecule has 2 atom stereocenters. The lowest BCUT2D eigenvalue weighted by atomic mass is 10.0. The fourth-order valence-corrected chi connectivity index (χ4v) is 3.19. The normalized spacial score (nSPS) is 21.2. The topological polar surface area (TPSA) is 61.4 Å². The van der Waals surface area contributed by atoms with Gasteiger partial charge in [0, 0.05) is 36.4 Å². The van der Waals surface area contributed by atoms with Gasteiger partial charge < -0.3 is 15.7 Å². The van der Waals surface area contributed by atoms with Crippen LogP contribution in [-0.2, 0) is 11.3 Å². The second kappa shape index (κ2) is 6.77. The number of nitrogens with one attached hydrogen (secondary N) is 2. The second-order valence-corrected chi connectivity index (χ2v) is 6.71. The summed E-state index contributed by atoms with van der Waals surface area (Å²) in [7, 11) is 0. The second-order valence-electron chi connectivity index (χ2n) is 5.79. The van der Waals surface area contributed by atoms with E-state index in [-0.39, 0.29) is 11.8 Å². The van der Waals surface area contributed by atoms with Crippen molar-refractivity contribution in [3.8, 4) is 0 Å². The molecular weight excluding hydrogens is 344 g/mol. The molecule has 0 bridgehead atoms. The Hall–Kier alpha value is -1.43. The molecule has 1 fully saturated rings. The molecule has 0 aromatic heterocycles. The van der Waals surface area contributed by atoms with E-state index in [0.29, 0.717) is 26.1 Å². The molecule has 4 nitrogen and oxygen atoms in total. The third kappa shape index (κ3) is 3.66. The van der Waals surface area contributed by atoms with E-state index >= 15 is 0 Å². The van der Waals surface area contributed by atoms with Gasteiger partial charge in [-0.05, 0) is 34.5 Å². The van der Waals surface area contributed by atoms with Crippen LogP contribution >= 0.6 is 15.9 Å². The molecule has 1 saturated heterocycles. The summed E-state index contributed by atoms with van der Waals surface area (Å²) in [5.74, 6) is 0.00893. The molecule has 1 amide bonds. The summed E-state index contributed by atoms with van der Waals surface area (Å²) in [6.07, 6.45) is -0.0448. The Kier molecular flexibility index (Phi) is 4.76. The van der Waals surface area contributed by atoms with Crippen LogP contribution in [0.2, 0.25) is 0 Å². The van der Waals surface area contributed by atoms with Crippen LogP contribution in [0.5, 0.6) is 0 Å². The van der Waals surface area contributed by atoms with Crippen molar-refractivity contribution in [2.75, 3.05) is 13.1 Å². The first-order valence-corrected chi connectivity index (χ1v) is 8.25. The van der Waals surface area contributed by atoms with Crippen LogP contribution in [0.4, 0.5) is 0 Å². The standard InChI is InChI=1S/C17H19BrN2O2/c18-15-4-3-12-2-1-11(5-13(12)6-15)8-20-17(22)7-14-9-19-10-16(14)21/h1-6,14,16,19,21H,7-10H2,(H,20,22)/t14-,16-/m1/s1. The SMILES string of the molecule is O=C(C[C@@H]1CNC[C@H]1O)NCc1ccc2ccc(Br)cc2c1. The zero-order valence-electron chi connectivity index (χ0n) is 12.2. The van der Waals surface area contributed by atoms with Crippen molar-refractivity contribution < 1.29 is 9.90 Å². The molecule has 5 heteroatoms. The number of carbonyl (C=O) groups is 1. The Bertz CT molecular complexity index is 689. The van der Waals surface area contributed by atoms with Crippen molar-refractivity contribution in [3.63, 3.8) is 0 Å². The summed E-state index contributed by atoms with van der Waals surface area (Å²) >= 11 is 3.47. The molecule has 2 aromatic carbocycles. The molecule has 2 aromatic rings. The van der Waals surface area contributed by atoms with Crippen LogP contribution in [0.15, 0.2) is 40.9 Å². The van der Waals surface area contributed by atoms with Gasteiger partial charge in [0.25, 0.3) is 0 Å². The Morgan fingerprint density at radius 1 is 1.23 bits per heavy atom. The molecule has 1 aliphatic rings. The van der Waals surface area contributed by atoms with Gasteiger partial charge >= 0.3 is 0 Å². The molecule has 0 aliphatic carbocycles. The molecule has 0 unspecified atom stereocenters. The summed E-state index contributed by atoms with van der Waals surface area (Å²) in [6.45, 7) is 1.80. The van der Waals surface area contributed by atoms with E-state index in [1.165, 1.54) is 5.39 Å². The van der Waals surface area contributed by atoms with Crippen molar-refractivity contribution in [2.24, 2.45) is 5.92 Å². The maximum Gasteiger partial charge on any atom is 0.220 e. The predicted octanol–water partition coefficient (Wildman–Crippen LogP) is 2.19. The number of β-amino-alcohol motifs (C(OH)–C–C–N with tert-alkyl or cyclic N) is 1. The van der Waals surface area contributed by atoms with Crippen LogP contribution in [-0.4, -0.2) is 30.2 Å². The highest BCUT2D eigenvalue weighted by Gasteiger charge is 2.26. The van der Waals surface area contributed by atoms with Gasteiger partial charge in [0.05, 0.1) is 6.10 Å². The van der Waals surface area contributed by atoms with Gasteiger partial charge in [0.2, 0.25) is 5.91 Å². The highest BCUT2D eigenvalue weighted by molar-refractivity contribution is 9.10.